The van der Waals surface area contributed by atoms with Crippen LogP contribution in [0.15, 0.2) is 12.1 Å². The average molecular weight is 258 g/mol. The molecule has 17 heavy (non-hydrogen) atoms. The highest BCUT2D eigenvalue weighted by Crippen LogP contribution is 2.24. The van der Waals surface area contributed by atoms with Crippen molar-refractivity contribution in [3.8, 4) is 5.75 Å². The van der Waals surface area contributed by atoms with E-state index in [4.69, 9.17) is 9.47 Å². The summed E-state index contributed by atoms with van der Waals surface area (Å²) in [5.74, 6) is 0.529. The number of nitrogens with zero attached hydrogens (tertiary/aromatic N) is 2. The van der Waals surface area contributed by atoms with E-state index in [1.807, 2.05) is 0 Å². The summed E-state index contributed by atoms with van der Waals surface area (Å²) < 4.78 is 10.4. The minimum absolute atomic E-state index is 0.162. The summed E-state index contributed by atoms with van der Waals surface area (Å²) in [6.45, 7) is 2.83. The van der Waals surface area contributed by atoms with Crippen LogP contribution < -0.4 is 4.74 Å². The second-order valence-electron chi connectivity index (χ2n) is 3.22. The summed E-state index contributed by atoms with van der Waals surface area (Å²) in [4.78, 5) is 14.0. The Morgan fingerprint density at radius 2 is 2.18 bits per heavy atom. The van der Waals surface area contributed by atoms with Crippen LogP contribution in [0.2, 0.25) is 0 Å². The van der Waals surface area contributed by atoms with E-state index in [9.17, 15) is 10.1 Å². The van der Waals surface area contributed by atoms with Gasteiger partial charge in [-0.05, 0) is 22.0 Å². The van der Waals surface area contributed by atoms with E-state index in [1.54, 1.807) is 19.1 Å². The van der Waals surface area contributed by atoms with Crippen molar-refractivity contribution in [3.63, 3.8) is 0 Å². The zero-order valence-corrected chi connectivity index (χ0v) is 10.4. The van der Waals surface area contributed by atoms with Crippen molar-refractivity contribution in [2.24, 2.45) is 0 Å². The lowest BCUT2D eigenvalue weighted by Gasteiger charge is -2.06. The van der Waals surface area contributed by atoms with Crippen molar-refractivity contribution in [1.29, 1.82) is 0 Å². The number of hydrogen-bond donors (Lipinski definition) is 1. The summed E-state index contributed by atoms with van der Waals surface area (Å²) in [7, 11) is 0. The van der Waals surface area contributed by atoms with E-state index >= 15 is 0 Å². The molecule has 0 saturated carbocycles. The largest absolute Gasteiger partial charge is 0.483 e. The minimum atomic E-state index is -0.559. The second-order valence-corrected chi connectivity index (χ2v) is 3.66. The van der Waals surface area contributed by atoms with Gasteiger partial charge < -0.3 is 19.6 Å². The number of nitro groups is 1. The third-order valence-corrected chi connectivity index (χ3v) is 2.05. The van der Waals surface area contributed by atoms with Gasteiger partial charge in [0.25, 0.3) is 0 Å². The van der Waals surface area contributed by atoms with Crippen LogP contribution in [0.4, 0.5) is 5.82 Å². The van der Waals surface area contributed by atoms with Crippen LogP contribution in [-0.2, 0) is 4.74 Å². The van der Waals surface area contributed by atoms with E-state index in [0.717, 1.165) is 0 Å². The first-order valence-electron chi connectivity index (χ1n) is 5.08. The van der Waals surface area contributed by atoms with Gasteiger partial charge in [0, 0.05) is 12.7 Å². The average Bonchev–Trinajstić information content (AvgIpc) is 2.30. The molecule has 0 spiro atoms. The molecule has 0 unspecified atom stereocenters. The van der Waals surface area contributed by atoms with E-state index in [0.29, 0.717) is 24.7 Å². The number of rotatable bonds is 7. The molecular weight excluding hydrogens is 244 g/mol. The summed E-state index contributed by atoms with van der Waals surface area (Å²) in [5, 5.41) is 10.7. The Bertz CT molecular complexity index is 387. The first kappa shape index (κ1) is 13.7. The fraction of sp³-hybridized carbons (Fsp3) is 0.500. The Balaban J connectivity index is 2.55. The van der Waals surface area contributed by atoms with Gasteiger partial charge in [0.15, 0.2) is 0 Å². The maximum Gasteiger partial charge on any atom is 0.406 e. The molecule has 94 valence electrons. The van der Waals surface area contributed by atoms with E-state index < -0.39 is 4.92 Å². The highest BCUT2D eigenvalue weighted by Gasteiger charge is 2.17. The lowest BCUT2D eigenvalue weighted by atomic mass is 10.3. The molecule has 0 bridgehead atoms. The molecule has 0 amide bonds. The van der Waals surface area contributed by atoms with Crippen molar-refractivity contribution in [2.45, 2.75) is 6.92 Å². The van der Waals surface area contributed by atoms with Gasteiger partial charge in [-0.2, -0.15) is 12.6 Å². The molecule has 1 aromatic rings. The van der Waals surface area contributed by atoms with Crippen LogP contribution in [0.1, 0.15) is 5.69 Å². The van der Waals surface area contributed by atoms with Gasteiger partial charge in [-0.1, -0.05) is 0 Å². The number of aryl methyl sites for hydroxylation is 1. The third-order valence-electron chi connectivity index (χ3n) is 1.87. The zero-order valence-electron chi connectivity index (χ0n) is 9.46. The number of pyridine rings is 1. The Morgan fingerprint density at radius 1 is 1.41 bits per heavy atom. The smallest absolute Gasteiger partial charge is 0.406 e. The lowest BCUT2D eigenvalue weighted by molar-refractivity contribution is -0.390. The molecule has 0 atom stereocenters. The standard InChI is InChI=1S/C10H14N2O4S/c1-8-2-3-9(10(11-8)12(13)14)16-5-4-15-6-7-17/h2-3,17H,4-7H2,1H3. The molecule has 7 heteroatoms. The van der Waals surface area contributed by atoms with Gasteiger partial charge >= 0.3 is 5.82 Å². The van der Waals surface area contributed by atoms with Crippen molar-refractivity contribution in [1.82, 2.24) is 4.98 Å². The molecule has 0 saturated heterocycles. The molecule has 0 radical (unpaired) electrons. The van der Waals surface area contributed by atoms with Crippen LogP contribution in [0.5, 0.6) is 5.75 Å². The molecule has 1 heterocycles. The summed E-state index contributed by atoms with van der Waals surface area (Å²) in [6, 6.07) is 3.20. The number of ether oxygens (including phenoxy) is 2. The normalized spacial score (nSPS) is 10.2. The second kappa shape index (κ2) is 7.08. The first-order chi connectivity index (χ1) is 8.15. The molecule has 6 nitrogen and oxygen atoms in total. The van der Waals surface area contributed by atoms with E-state index in [1.165, 1.54) is 0 Å². The topological polar surface area (TPSA) is 74.5 Å². The SMILES string of the molecule is Cc1ccc(OCCOCCS)c([N+](=O)[O-])n1. The number of aromatic nitrogens is 1. The monoisotopic (exact) mass is 258 g/mol. The van der Waals surface area contributed by atoms with Gasteiger partial charge in [-0.3, -0.25) is 0 Å². The molecule has 0 fully saturated rings. The highest BCUT2D eigenvalue weighted by molar-refractivity contribution is 7.80. The van der Waals surface area contributed by atoms with Crippen molar-refractivity contribution >= 4 is 18.4 Å². The Morgan fingerprint density at radius 3 is 2.82 bits per heavy atom. The van der Waals surface area contributed by atoms with Gasteiger partial charge in [0.2, 0.25) is 5.75 Å². The Labute approximate surface area is 105 Å². The van der Waals surface area contributed by atoms with Crippen molar-refractivity contribution in [2.75, 3.05) is 25.6 Å². The maximum absolute atomic E-state index is 10.7. The fourth-order valence-electron chi connectivity index (χ4n) is 1.15. The lowest BCUT2D eigenvalue weighted by Crippen LogP contribution is -2.09. The van der Waals surface area contributed by atoms with Gasteiger partial charge in [-0.25, -0.2) is 0 Å². The van der Waals surface area contributed by atoms with E-state index in [2.05, 4.69) is 17.6 Å². The molecular formula is C10H14N2O4S. The zero-order chi connectivity index (χ0) is 12.7. The fourth-order valence-corrected chi connectivity index (χ4v) is 1.28. The van der Waals surface area contributed by atoms with Crippen LogP contribution in [0.25, 0.3) is 0 Å². The molecule has 1 rings (SSSR count). The van der Waals surface area contributed by atoms with Gasteiger partial charge in [0.1, 0.15) is 12.3 Å². The van der Waals surface area contributed by atoms with E-state index in [-0.39, 0.29) is 18.2 Å². The van der Waals surface area contributed by atoms with Crippen molar-refractivity contribution < 1.29 is 14.4 Å². The summed E-state index contributed by atoms with van der Waals surface area (Å²) in [5.41, 5.74) is 0.579. The predicted molar refractivity (Wildman–Crippen MR) is 65.8 cm³/mol. The predicted octanol–water partition coefficient (Wildman–Crippen LogP) is 1.62. The molecule has 0 N–H and O–H groups in total. The van der Waals surface area contributed by atoms with Crippen LogP contribution >= 0.6 is 12.6 Å². The molecule has 0 aromatic carbocycles. The van der Waals surface area contributed by atoms with Gasteiger partial charge in [-0.15, -0.1) is 0 Å². The van der Waals surface area contributed by atoms with Crippen molar-refractivity contribution in [3.05, 3.63) is 27.9 Å². The first-order valence-corrected chi connectivity index (χ1v) is 5.72. The molecule has 0 aliphatic heterocycles. The third kappa shape index (κ3) is 4.58. The van der Waals surface area contributed by atoms with Crippen LogP contribution in [-0.4, -0.2) is 35.5 Å². The Kier molecular flexibility index (Phi) is 5.71. The summed E-state index contributed by atoms with van der Waals surface area (Å²) in [6.07, 6.45) is 0. The number of thiol groups is 1. The molecule has 0 aliphatic carbocycles. The molecule has 1 aromatic heterocycles. The quantitative estimate of drug-likeness (QED) is 0.348. The Hall–Kier alpha value is -1.34. The van der Waals surface area contributed by atoms with Crippen LogP contribution in [0, 0.1) is 17.0 Å². The van der Waals surface area contributed by atoms with Gasteiger partial charge in [0.05, 0.1) is 13.2 Å². The van der Waals surface area contributed by atoms with Crippen LogP contribution in [0.3, 0.4) is 0 Å². The number of hydrogen-bond acceptors (Lipinski definition) is 6. The minimum Gasteiger partial charge on any atom is -0.483 e. The molecule has 0 aliphatic rings. The highest BCUT2D eigenvalue weighted by atomic mass is 32.1. The maximum atomic E-state index is 10.7. The summed E-state index contributed by atoms with van der Waals surface area (Å²) >= 11 is 3.98.